The molecule has 4 aromatic heterocycles. The standard InChI is InChI=1S/C57H50N4O/c1-38-27-53(50-18-12-17-49-48-24-20-40(34-58)31-54(48)62-55(49)50)59-35-45(38)21-19-39-28-41(32-56(2,3)46-22-25-51(60-36-46)43-13-8-6-9-14-43)30-42(29-39)33-57(4,5)47-23-26-52(61-37-47)44-15-10-7-11-16-44/h6-18,20,22-31,35-37H,19,21,32-33H2,1-5H3/i1D3,19D2,21D2,31D. The second-order valence-electron chi connectivity index (χ2n) is 17.1. The molecule has 0 bridgehead atoms. The molecule has 9 rings (SSSR count). The van der Waals surface area contributed by atoms with Gasteiger partial charge >= 0.3 is 0 Å². The minimum Gasteiger partial charge on any atom is -0.455 e. The number of nitrogens with zero attached hydrogens (tertiary/aromatic N) is 4. The third-order valence-corrected chi connectivity index (χ3v) is 11.6. The zero-order valence-corrected chi connectivity index (χ0v) is 35.1. The van der Waals surface area contributed by atoms with Crippen LogP contribution in [0.15, 0.2) is 169 Å². The van der Waals surface area contributed by atoms with Crippen LogP contribution in [0.5, 0.6) is 0 Å². The van der Waals surface area contributed by atoms with Crippen molar-refractivity contribution in [2.45, 2.75) is 71.0 Å². The highest BCUT2D eigenvalue weighted by Gasteiger charge is 2.25. The molecule has 0 saturated heterocycles. The van der Waals surface area contributed by atoms with Crippen LogP contribution < -0.4 is 0 Å². The molecule has 5 aromatic carbocycles. The van der Waals surface area contributed by atoms with E-state index in [1.165, 1.54) is 6.07 Å². The van der Waals surface area contributed by atoms with E-state index in [-0.39, 0.29) is 28.4 Å². The van der Waals surface area contributed by atoms with E-state index in [9.17, 15) is 10.7 Å². The summed E-state index contributed by atoms with van der Waals surface area (Å²) < 4.78 is 79.5. The van der Waals surface area contributed by atoms with Gasteiger partial charge in [0.2, 0.25) is 0 Å². The van der Waals surface area contributed by atoms with E-state index in [4.69, 9.17) is 19.9 Å². The van der Waals surface area contributed by atoms with Crippen LogP contribution in [-0.2, 0) is 36.4 Å². The highest BCUT2D eigenvalue weighted by molar-refractivity contribution is 6.09. The van der Waals surface area contributed by atoms with Gasteiger partial charge in [-0.15, -0.1) is 0 Å². The number of para-hydroxylation sites is 1. The Bertz CT molecular complexity index is 3320. The lowest BCUT2D eigenvalue weighted by Gasteiger charge is -2.28. The molecule has 4 heterocycles. The molecule has 0 unspecified atom stereocenters. The van der Waals surface area contributed by atoms with Crippen molar-refractivity contribution in [3.8, 4) is 39.8 Å². The van der Waals surface area contributed by atoms with Gasteiger partial charge in [-0.3, -0.25) is 15.0 Å². The molecule has 0 atom stereocenters. The Balaban J connectivity index is 1.11. The van der Waals surface area contributed by atoms with Gasteiger partial charge in [-0.05, 0) is 125 Å². The summed E-state index contributed by atoms with van der Waals surface area (Å²) in [5.74, 6) is 0. The summed E-state index contributed by atoms with van der Waals surface area (Å²) in [6, 6.07) is 45.1. The molecule has 0 spiro atoms. The average Bonchev–Trinajstić information content (AvgIpc) is 3.74. The van der Waals surface area contributed by atoms with Crippen LogP contribution in [0.2, 0.25) is 0 Å². The van der Waals surface area contributed by atoms with Gasteiger partial charge in [0.05, 0.1) is 30.1 Å². The SMILES string of the molecule is [2H]c1c(C#N)ccc2c1oc1c(-c3cc(C([2H])([2H])[2H])c(C([2H])([2H])C([2H])([2H])c4cc(CC(C)(C)c5ccc(-c6ccccc6)nc5)cc(CC(C)(C)c5ccc(-c6ccccc6)nc5)c4)cn3)cccc12. The molecule has 0 aliphatic rings. The Kier molecular flexibility index (Phi) is 8.54. The highest BCUT2D eigenvalue weighted by atomic mass is 16.3. The van der Waals surface area contributed by atoms with Crippen LogP contribution in [0.3, 0.4) is 0 Å². The van der Waals surface area contributed by atoms with Gasteiger partial charge in [0.1, 0.15) is 11.2 Å². The van der Waals surface area contributed by atoms with Crippen molar-refractivity contribution in [3.05, 3.63) is 209 Å². The van der Waals surface area contributed by atoms with Crippen molar-refractivity contribution in [1.29, 1.82) is 5.26 Å². The molecule has 0 radical (unpaired) electrons. The van der Waals surface area contributed by atoms with Gasteiger partial charge in [-0.25, -0.2) is 0 Å². The molecular weight excluding hydrogens is 757 g/mol. The number of rotatable bonds is 12. The second-order valence-corrected chi connectivity index (χ2v) is 17.1. The third kappa shape index (κ3) is 8.42. The van der Waals surface area contributed by atoms with Crippen molar-refractivity contribution in [1.82, 2.24) is 15.0 Å². The fraction of sp³-hybridized carbons (Fsp3) is 0.193. The van der Waals surface area contributed by atoms with E-state index in [0.29, 0.717) is 34.8 Å². The first-order chi connectivity index (χ1) is 33.2. The third-order valence-electron chi connectivity index (χ3n) is 11.6. The van der Waals surface area contributed by atoms with Crippen LogP contribution in [0, 0.1) is 18.2 Å². The van der Waals surface area contributed by atoms with E-state index >= 15 is 0 Å². The van der Waals surface area contributed by atoms with Crippen LogP contribution in [0.25, 0.3) is 55.7 Å². The number of hydrogen-bond acceptors (Lipinski definition) is 5. The Labute approximate surface area is 376 Å². The van der Waals surface area contributed by atoms with Crippen LogP contribution in [0.1, 0.15) is 83.2 Å². The van der Waals surface area contributed by atoms with E-state index in [1.807, 2.05) is 91.3 Å². The summed E-state index contributed by atoms with van der Waals surface area (Å²) in [5.41, 5.74) is 6.66. The monoisotopic (exact) mass is 814 g/mol. The molecular formula is C57H50N4O. The first kappa shape index (κ1) is 31.7. The lowest BCUT2D eigenvalue weighted by molar-refractivity contribution is 0.512. The molecule has 0 amide bonds. The van der Waals surface area contributed by atoms with Crippen LogP contribution >= 0.6 is 0 Å². The maximum absolute atomic E-state index is 9.75. The molecule has 0 aliphatic heterocycles. The highest BCUT2D eigenvalue weighted by Crippen LogP contribution is 2.37. The molecule has 0 N–H and O–H groups in total. The van der Waals surface area contributed by atoms with Crippen molar-refractivity contribution in [2.75, 3.05) is 0 Å². The summed E-state index contributed by atoms with van der Waals surface area (Å²) >= 11 is 0. The Morgan fingerprint density at radius 2 is 1.21 bits per heavy atom. The van der Waals surface area contributed by atoms with Crippen molar-refractivity contribution >= 4 is 21.9 Å². The second kappa shape index (κ2) is 16.7. The number of furan rings is 1. The minimum absolute atomic E-state index is 0.0576. The maximum atomic E-state index is 9.75. The molecule has 5 nitrogen and oxygen atoms in total. The van der Waals surface area contributed by atoms with Crippen molar-refractivity contribution in [3.63, 3.8) is 0 Å². The number of nitriles is 1. The zero-order valence-electron chi connectivity index (χ0n) is 43.1. The summed E-state index contributed by atoms with van der Waals surface area (Å²) in [7, 11) is 0. The lowest BCUT2D eigenvalue weighted by atomic mass is 9.77. The fourth-order valence-corrected chi connectivity index (χ4v) is 8.25. The lowest BCUT2D eigenvalue weighted by Crippen LogP contribution is -2.23. The fourth-order valence-electron chi connectivity index (χ4n) is 8.25. The summed E-state index contributed by atoms with van der Waals surface area (Å²) in [6.07, 6.45) is 0.0757. The van der Waals surface area contributed by atoms with Gasteiger partial charge in [-0.2, -0.15) is 5.26 Å². The van der Waals surface area contributed by atoms with Crippen molar-refractivity contribution < 1.29 is 15.4 Å². The van der Waals surface area contributed by atoms with E-state index in [1.54, 1.807) is 42.5 Å². The normalized spacial score (nSPS) is 14.4. The van der Waals surface area contributed by atoms with E-state index < -0.39 is 41.6 Å². The topological polar surface area (TPSA) is 75.6 Å². The minimum atomic E-state index is -2.92. The van der Waals surface area contributed by atoms with Crippen LogP contribution in [-0.4, -0.2) is 15.0 Å². The predicted molar refractivity (Wildman–Crippen MR) is 253 cm³/mol. The molecule has 5 heteroatoms. The number of fused-ring (bicyclic) bond motifs is 3. The molecule has 0 fully saturated rings. The summed E-state index contributed by atoms with van der Waals surface area (Å²) in [6.45, 7) is 5.53. The van der Waals surface area contributed by atoms with E-state index in [0.717, 1.165) is 51.0 Å². The smallest absolute Gasteiger partial charge is 0.144 e. The number of hydrogen-bond donors (Lipinski definition) is 0. The zero-order chi connectivity index (χ0) is 49.8. The summed E-state index contributed by atoms with van der Waals surface area (Å²) in [4.78, 5) is 14.2. The predicted octanol–water partition coefficient (Wildman–Crippen LogP) is 13.8. The number of pyridine rings is 3. The molecule has 0 aliphatic carbocycles. The first-order valence-electron chi connectivity index (χ1n) is 24.7. The Hall–Kier alpha value is -7.16. The first-order valence-corrected chi connectivity index (χ1v) is 20.7. The van der Waals surface area contributed by atoms with Gasteiger partial charge < -0.3 is 4.42 Å². The van der Waals surface area contributed by atoms with Crippen molar-refractivity contribution in [2.24, 2.45) is 0 Å². The largest absolute Gasteiger partial charge is 0.455 e. The molecule has 0 saturated carbocycles. The van der Waals surface area contributed by atoms with Gasteiger partial charge in [0, 0.05) is 55.6 Å². The van der Waals surface area contributed by atoms with Crippen LogP contribution in [0.4, 0.5) is 0 Å². The van der Waals surface area contributed by atoms with Gasteiger partial charge in [0.25, 0.3) is 0 Å². The quantitative estimate of drug-likeness (QED) is 0.123. The number of aromatic nitrogens is 3. The average molecular weight is 815 g/mol. The maximum Gasteiger partial charge on any atom is 0.144 e. The summed E-state index contributed by atoms with van der Waals surface area (Å²) in [5, 5.41) is 10.8. The molecule has 304 valence electrons. The van der Waals surface area contributed by atoms with Gasteiger partial charge in [-0.1, -0.05) is 131 Å². The molecule has 9 aromatic rings. The van der Waals surface area contributed by atoms with E-state index in [2.05, 4.69) is 50.9 Å². The number of aryl methyl sites for hydroxylation is 3. The Morgan fingerprint density at radius 3 is 1.77 bits per heavy atom. The van der Waals surface area contributed by atoms with Gasteiger partial charge in [0.15, 0.2) is 0 Å². The number of benzene rings is 5. The molecule has 62 heavy (non-hydrogen) atoms. The Morgan fingerprint density at radius 1 is 0.613 bits per heavy atom.